The molecule has 2 aliphatic rings. The van der Waals surface area contributed by atoms with Gasteiger partial charge in [-0.3, -0.25) is 9.69 Å². The number of hydrogen-bond acceptors (Lipinski definition) is 7. The molecule has 1 fully saturated rings. The van der Waals surface area contributed by atoms with E-state index in [-0.39, 0.29) is 43.2 Å². The van der Waals surface area contributed by atoms with Crippen LogP contribution in [0.3, 0.4) is 0 Å². The molecule has 3 atom stereocenters. The van der Waals surface area contributed by atoms with Gasteiger partial charge in [-0.15, -0.1) is 11.6 Å². The number of rotatable bonds is 13. The van der Waals surface area contributed by atoms with E-state index in [0.717, 1.165) is 5.56 Å². The van der Waals surface area contributed by atoms with Crippen LogP contribution in [-0.4, -0.2) is 80.4 Å². The fraction of sp³-hybridized carbons (Fsp3) is 0.536. The van der Waals surface area contributed by atoms with Crippen molar-refractivity contribution in [3.63, 3.8) is 0 Å². The first-order chi connectivity index (χ1) is 19.1. The van der Waals surface area contributed by atoms with Crippen molar-refractivity contribution in [1.29, 1.82) is 0 Å². The topological polar surface area (TPSA) is 106 Å². The van der Waals surface area contributed by atoms with Gasteiger partial charge in [-0.25, -0.2) is 17.1 Å². The van der Waals surface area contributed by atoms with Gasteiger partial charge in [0.05, 0.1) is 18.8 Å². The Labute approximate surface area is 239 Å². The van der Waals surface area contributed by atoms with Crippen LogP contribution in [0.1, 0.15) is 43.4 Å². The Morgan fingerprint density at radius 3 is 2.58 bits per heavy atom. The number of sulfonamides is 1. The number of carboxylic acid groups (broad SMARTS) is 1. The lowest BCUT2D eigenvalue weighted by molar-refractivity contribution is -0.143. The summed E-state index contributed by atoms with van der Waals surface area (Å²) in [5.74, 6) is -1.57. The quantitative estimate of drug-likeness (QED) is 0.340. The van der Waals surface area contributed by atoms with Crippen molar-refractivity contribution < 1.29 is 36.9 Å². The van der Waals surface area contributed by atoms with Gasteiger partial charge in [-0.1, -0.05) is 26.0 Å². The highest BCUT2D eigenvalue weighted by atomic mass is 35.5. The third kappa shape index (κ3) is 6.64. The van der Waals surface area contributed by atoms with Gasteiger partial charge in [0.2, 0.25) is 16.8 Å². The number of hydrogen-bond donors (Lipinski definition) is 1. The first kappa shape index (κ1) is 30.4. The number of alkyl halides is 1. The zero-order valence-electron chi connectivity index (χ0n) is 22.9. The summed E-state index contributed by atoms with van der Waals surface area (Å²) in [4.78, 5) is 14.7. The highest BCUT2D eigenvalue weighted by Gasteiger charge is 2.48. The summed E-state index contributed by atoms with van der Waals surface area (Å²) in [6, 6.07) is 9.12. The van der Waals surface area contributed by atoms with Crippen molar-refractivity contribution in [2.45, 2.75) is 32.2 Å². The average Bonchev–Trinajstić information content (AvgIpc) is 3.54. The molecule has 0 amide bonds. The third-order valence-electron chi connectivity index (χ3n) is 7.36. The lowest BCUT2D eigenvalue weighted by atomic mass is 9.82. The molecule has 0 saturated carbocycles. The van der Waals surface area contributed by atoms with Gasteiger partial charge < -0.3 is 19.3 Å². The van der Waals surface area contributed by atoms with E-state index in [1.807, 2.05) is 24.8 Å². The number of benzene rings is 2. The molecule has 1 N–H and O–H groups in total. The molecule has 0 unspecified atom stereocenters. The summed E-state index contributed by atoms with van der Waals surface area (Å²) in [7, 11) is -2.21. The van der Waals surface area contributed by atoms with Gasteiger partial charge in [0.1, 0.15) is 0 Å². The molecule has 9 nitrogen and oxygen atoms in total. The van der Waals surface area contributed by atoms with Crippen molar-refractivity contribution >= 4 is 27.6 Å². The van der Waals surface area contributed by atoms with Gasteiger partial charge in [0.25, 0.3) is 0 Å². The highest BCUT2D eigenvalue weighted by Crippen LogP contribution is 2.48. The normalized spacial score (nSPS) is 20.9. The van der Waals surface area contributed by atoms with Gasteiger partial charge in [-0.2, -0.15) is 0 Å². The minimum Gasteiger partial charge on any atom is -0.494 e. The van der Waals surface area contributed by atoms with Crippen LogP contribution in [0.4, 0.5) is 4.39 Å². The number of methoxy groups -OCH3 is 1. The van der Waals surface area contributed by atoms with Crippen LogP contribution in [0.25, 0.3) is 0 Å². The average molecular weight is 599 g/mol. The predicted molar refractivity (Wildman–Crippen MR) is 149 cm³/mol. The van der Waals surface area contributed by atoms with Gasteiger partial charge in [-0.05, 0) is 47.7 Å². The molecular weight excluding hydrogens is 563 g/mol. The molecule has 2 heterocycles. The molecule has 0 spiro atoms. The zero-order chi connectivity index (χ0) is 29.0. The minimum absolute atomic E-state index is 0.0565. The number of carboxylic acids is 1. The minimum atomic E-state index is -3.57. The second-order valence-electron chi connectivity index (χ2n) is 10.5. The van der Waals surface area contributed by atoms with E-state index in [4.69, 9.17) is 25.8 Å². The third-order valence-corrected chi connectivity index (χ3v) is 9.55. The molecule has 0 aliphatic carbocycles. The van der Waals surface area contributed by atoms with E-state index in [1.165, 1.54) is 23.5 Å². The van der Waals surface area contributed by atoms with Gasteiger partial charge >= 0.3 is 5.97 Å². The smallest absolute Gasteiger partial charge is 0.309 e. The number of nitrogens with zero attached hydrogens (tertiary/aromatic N) is 2. The molecule has 40 heavy (non-hydrogen) atoms. The first-order valence-electron chi connectivity index (χ1n) is 13.3. The second-order valence-corrected chi connectivity index (χ2v) is 13.0. The Morgan fingerprint density at radius 2 is 1.93 bits per heavy atom. The Bertz CT molecular complexity index is 1310. The largest absolute Gasteiger partial charge is 0.494 e. The number of likely N-dealkylation sites (tertiary alicyclic amines) is 1. The molecule has 1 saturated heterocycles. The van der Waals surface area contributed by atoms with E-state index in [0.29, 0.717) is 36.6 Å². The Morgan fingerprint density at radius 1 is 1.20 bits per heavy atom. The van der Waals surface area contributed by atoms with Crippen LogP contribution in [0.5, 0.6) is 17.2 Å². The van der Waals surface area contributed by atoms with Crippen LogP contribution in [-0.2, 0) is 14.8 Å². The molecule has 0 radical (unpaired) electrons. The summed E-state index contributed by atoms with van der Waals surface area (Å²) in [5.41, 5.74) is 1.24. The molecule has 12 heteroatoms. The van der Waals surface area contributed by atoms with Crippen molar-refractivity contribution in [1.82, 2.24) is 9.21 Å². The lowest BCUT2D eigenvalue weighted by Gasteiger charge is -2.30. The van der Waals surface area contributed by atoms with E-state index >= 15 is 0 Å². The molecule has 0 aromatic heterocycles. The number of ether oxygens (including phenoxy) is 3. The Hall–Kier alpha value is -2.60. The van der Waals surface area contributed by atoms with Crippen LogP contribution >= 0.6 is 11.6 Å². The molecule has 2 aromatic rings. The van der Waals surface area contributed by atoms with Crippen LogP contribution < -0.4 is 14.2 Å². The number of aliphatic carboxylic acids is 1. The summed E-state index contributed by atoms with van der Waals surface area (Å²) in [6.07, 6.45) is 0.337. The first-order valence-corrected chi connectivity index (χ1v) is 15.4. The zero-order valence-corrected chi connectivity index (χ0v) is 24.5. The van der Waals surface area contributed by atoms with Crippen molar-refractivity contribution in [2.75, 3.05) is 51.7 Å². The standard InChI is InChI=1S/C28H36ClFN2O7S/c1-18(2)15-32(40(35,36)12-4-9-29)11-10-31-16-21(19-5-8-24-25(14-19)39-17-38-24)26(28(33)34)27(31)20-6-7-23(37-3)22(30)13-20/h5-8,13-14,18,21,26-27H,4,9-12,15-17H2,1-3H3,(H,33,34)/t21-,26+,27-/m1/s1. The fourth-order valence-electron chi connectivity index (χ4n) is 5.56. The highest BCUT2D eigenvalue weighted by molar-refractivity contribution is 7.89. The second kappa shape index (κ2) is 12.9. The maximum absolute atomic E-state index is 14.8. The van der Waals surface area contributed by atoms with Crippen LogP contribution in [0.2, 0.25) is 0 Å². The van der Waals surface area contributed by atoms with E-state index in [1.54, 1.807) is 18.2 Å². The van der Waals surface area contributed by atoms with Crippen LogP contribution in [0, 0.1) is 17.7 Å². The van der Waals surface area contributed by atoms with E-state index in [2.05, 4.69) is 0 Å². The van der Waals surface area contributed by atoms with Gasteiger partial charge in [0, 0.05) is 44.0 Å². The fourth-order valence-corrected chi connectivity index (χ4v) is 7.51. The van der Waals surface area contributed by atoms with E-state index in [9.17, 15) is 22.7 Å². The SMILES string of the molecule is COc1ccc([C@@H]2[C@@H](C(=O)O)[C@@H](c3ccc4c(c3)OCO4)CN2CCN(CC(C)C)S(=O)(=O)CCCCl)cc1F. The molecule has 4 rings (SSSR count). The number of fused-ring (bicyclic) bond motifs is 1. The summed E-state index contributed by atoms with van der Waals surface area (Å²) < 4.78 is 58.6. The Balaban J connectivity index is 1.70. The molecular formula is C28H36ClFN2O7S. The number of halogens is 2. The molecule has 220 valence electrons. The summed E-state index contributed by atoms with van der Waals surface area (Å²) in [6.45, 7) is 5.06. The van der Waals surface area contributed by atoms with Crippen molar-refractivity contribution in [2.24, 2.45) is 11.8 Å². The molecule has 2 aromatic carbocycles. The summed E-state index contributed by atoms with van der Waals surface area (Å²) in [5, 5.41) is 10.5. The van der Waals surface area contributed by atoms with Crippen molar-refractivity contribution in [3.8, 4) is 17.2 Å². The monoisotopic (exact) mass is 598 g/mol. The predicted octanol–water partition coefficient (Wildman–Crippen LogP) is 4.32. The maximum Gasteiger partial charge on any atom is 0.309 e. The van der Waals surface area contributed by atoms with Crippen molar-refractivity contribution in [3.05, 3.63) is 53.3 Å². The Kier molecular flexibility index (Phi) is 9.81. The molecule has 2 aliphatic heterocycles. The van der Waals surface area contributed by atoms with Gasteiger partial charge in [0.15, 0.2) is 23.1 Å². The maximum atomic E-state index is 14.8. The lowest BCUT2D eigenvalue weighted by Crippen LogP contribution is -2.42. The van der Waals surface area contributed by atoms with Crippen LogP contribution in [0.15, 0.2) is 36.4 Å². The summed E-state index contributed by atoms with van der Waals surface area (Å²) >= 11 is 5.77. The van der Waals surface area contributed by atoms with E-state index < -0.39 is 39.7 Å². The molecule has 0 bridgehead atoms. The number of carbonyl (C=O) groups is 1.